The Labute approximate surface area is 120 Å². The van der Waals surface area contributed by atoms with Crippen LogP contribution in [0.4, 0.5) is 5.69 Å². The van der Waals surface area contributed by atoms with Gasteiger partial charge in [-0.3, -0.25) is 4.90 Å². The van der Waals surface area contributed by atoms with E-state index in [-0.39, 0.29) is 6.10 Å². The Kier molecular flexibility index (Phi) is 4.02. The number of hydrogen-bond acceptors (Lipinski definition) is 3. The number of fused-ring (bicyclic) bond motifs is 1. The van der Waals surface area contributed by atoms with Crippen LogP contribution in [0, 0.1) is 13.5 Å². The highest BCUT2D eigenvalue weighted by Crippen LogP contribution is 2.34. The standard InChI is InChI=1S/C16H21N3O/c1-12-13-5-10-20-16(11-19-8-6-18-7-9-19)14(13)3-4-15(12)17-2/h3-4,16,18H,5-11H2,1H3. The monoisotopic (exact) mass is 271 g/mol. The van der Waals surface area contributed by atoms with Crippen molar-refractivity contribution in [2.75, 3.05) is 39.3 Å². The summed E-state index contributed by atoms with van der Waals surface area (Å²) in [5, 5.41) is 3.38. The highest BCUT2D eigenvalue weighted by atomic mass is 16.5. The summed E-state index contributed by atoms with van der Waals surface area (Å²) in [7, 11) is 0. The molecule has 1 fully saturated rings. The summed E-state index contributed by atoms with van der Waals surface area (Å²) in [5.74, 6) is 0. The van der Waals surface area contributed by atoms with E-state index in [0.717, 1.165) is 57.0 Å². The van der Waals surface area contributed by atoms with Gasteiger partial charge in [0.15, 0.2) is 5.69 Å². The first-order valence-electron chi connectivity index (χ1n) is 7.34. The van der Waals surface area contributed by atoms with E-state index in [9.17, 15) is 0 Å². The zero-order valence-corrected chi connectivity index (χ0v) is 12.0. The van der Waals surface area contributed by atoms with Crippen LogP contribution in [-0.4, -0.2) is 44.2 Å². The van der Waals surface area contributed by atoms with Gasteiger partial charge in [-0.1, -0.05) is 12.1 Å². The molecule has 2 aliphatic rings. The van der Waals surface area contributed by atoms with Gasteiger partial charge in [0.1, 0.15) is 0 Å². The molecule has 20 heavy (non-hydrogen) atoms. The molecule has 0 spiro atoms. The van der Waals surface area contributed by atoms with Crippen LogP contribution in [0.5, 0.6) is 0 Å². The third kappa shape index (κ3) is 2.57. The molecule has 0 bridgehead atoms. The summed E-state index contributed by atoms with van der Waals surface area (Å²) < 4.78 is 6.00. The van der Waals surface area contributed by atoms with Gasteiger partial charge in [-0.25, -0.2) is 4.85 Å². The predicted octanol–water partition coefficient (Wildman–Crippen LogP) is 2.06. The van der Waals surface area contributed by atoms with Crippen LogP contribution in [0.25, 0.3) is 4.85 Å². The quantitative estimate of drug-likeness (QED) is 0.835. The lowest BCUT2D eigenvalue weighted by Gasteiger charge is -2.34. The molecule has 1 unspecified atom stereocenters. The van der Waals surface area contributed by atoms with Crippen molar-refractivity contribution in [2.45, 2.75) is 19.4 Å². The van der Waals surface area contributed by atoms with Gasteiger partial charge in [0.25, 0.3) is 0 Å². The van der Waals surface area contributed by atoms with E-state index in [1.54, 1.807) is 0 Å². The highest BCUT2D eigenvalue weighted by Gasteiger charge is 2.25. The molecule has 0 aromatic heterocycles. The Hall–Kier alpha value is -1.41. The molecule has 106 valence electrons. The van der Waals surface area contributed by atoms with Crippen LogP contribution in [-0.2, 0) is 11.2 Å². The minimum atomic E-state index is 0.162. The van der Waals surface area contributed by atoms with E-state index >= 15 is 0 Å². The lowest BCUT2D eigenvalue weighted by Crippen LogP contribution is -2.45. The van der Waals surface area contributed by atoms with Crippen molar-refractivity contribution in [3.05, 3.63) is 40.2 Å². The minimum absolute atomic E-state index is 0.162. The second-order valence-corrected chi connectivity index (χ2v) is 5.55. The van der Waals surface area contributed by atoms with Gasteiger partial charge in [-0.2, -0.15) is 0 Å². The average molecular weight is 271 g/mol. The molecule has 0 saturated carbocycles. The maximum atomic E-state index is 7.24. The Balaban J connectivity index is 1.83. The van der Waals surface area contributed by atoms with Crippen molar-refractivity contribution in [3.63, 3.8) is 0 Å². The van der Waals surface area contributed by atoms with Gasteiger partial charge in [0, 0.05) is 32.7 Å². The molecular formula is C16H21N3O. The van der Waals surface area contributed by atoms with Crippen LogP contribution in [0.15, 0.2) is 12.1 Å². The molecule has 1 aromatic rings. The summed E-state index contributed by atoms with van der Waals surface area (Å²) in [4.78, 5) is 6.08. The number of ether oxygens (including phenoxy) is 1. The largest absolute Gasteiger partial charge is 0.372 e. The fraction of sp³-hybridized carbons (Fsp3) is 0.562. The van der Waals surface area contributed by atoms with Gasteiger partial charge in [0.2, 0.25) is 0 Å². The predicted molar refractivity (Wildman–Crippen MR) is 79.1 cm³/mol. The van der Waals surface area contributed by atoms with E-state index in [0.29, 0.717) is 0 Å². The Morgan fingerprint density at radius 3 is 2.95 bits per heavy atom. The van der Waals surface area contributed by atoms with Crippen molar-refractivity contribution in [2.24, 2.45) is 0 Å². The molecule has 1 saturated heterocycles. The van der Waals surface area contributed by atoms with E-state index in [1.807, 2.05) is 6.07 Å². The fourth-order valence-corrected chi connectivity index (χ4v) is 3.19. The molecule has 2 aliphatic heterocycles. The Morgan fingerprint density at radius 1 is 1.40 bits per heavy atom. The molecular weight excluding hydrogens is 250 g/mol. The molecule has 4 heteroatoms. The lowest BCUT2D eigenvalue weighted by atomic mass is 9.92. The molecule has 1 aromatic carbocycles. The van der Waals surface area contributed by atoms with Crippen molar-refractivity contribution >= 4 is 5.69 Å². The second-order valence-electron chi connectivity index (χ2n) is 5.55. The number of nitrogens with zero attached hydrogens (tertiary/aromatic N) is 2. The third-order valence-electron chi connectivity index (χ3n) is 4.38. The van der Waals surface area contributed by atoms with Crippen molar-refractivity contribution < 1.29 is 4.74 Å². The maximum Gasteiger partial charge on any atom is 0.190 e. The molecule has 1 atom stereocenters. The van der Waals surface area contributed by atoms with Gasteiger partial charge in [-0.15, -0.1) is 0 Å². The van der Waals surface area contributed by atoms with E-state index in [2.05, 4.69) is 28.1 Å². The zero-order chi connectivity index (χ0) is 13.9. The van der Waals surface area contributed by atoms with Crippen LogP contribution in [0.2, 0.25) is 0 Å². The maximum absolute atomic E-state index is 7.24. The van der Waals surface area contributed by atoms with Gasteiger partial charge >= 0.3 is 0 Å². The Bertz CT molecular complexity index is 529. The first kappa shape index (κ1) is 13.6. The van der Waals surface area contributed by atoms with Crippen LogP contribution in [0.1, 0.15) is 22.8 Å². The molecule has 0 aliphatic carbocycles. The SMILES string of the molecule is [C-]#[N+]c1ccc2c(c1C)CCOC2CN1CCNCC1. The first-order valence-corrected chi connectivity index (χ1v) is 7.34. The van der Waals surface area contributed by atoms with Crippen molar-refractivity contribution in [3.8, 4) is 0 Å². The average Bonchev–Trinajstić information content (AvgIpc) is 2.49. The smallest absolute Gasteiger partial charge is 0.190 e. The number of nitrogens with one attached hydrogen (secondary N) is 1. The highest BCUT2D eigenvalue weighted by molar-refractivity contribution is 5.58. The Morgan fingerprint density at radius 2 is 2.20 bits per heavy atom. The van der Waals surface area contributed by atoms with E-state index in [4.69, 9.17) is 11.3 Å². The summed E-state index contributed by atoms with van der Waals surface area (Å²) in [6.07, 6.45) is 1.10. The van der Waals surface area contributed by atoms with Crippen LogP contribution >= 0.6 is 0 Å². The van der Waals surface area contributed by atoms with Gasteiger partial charge in [0.05, 0.1) is 19.3 Å². The summed E-state index contributed by atoms with van der Waals surface area (Å²) >= 11 is 0. The van der Waals surface area contributed by atoms with Crippen molar-refractivity contribution in [1.29, 1.82) is 0 Å². The van der Waals surface area contributed by atoms with Crippen LogP contribution in [0.3, 0.4) is 0 Å². The summed E-state index contributed by atoms with van der Waals surface area (Å²) in [6, 6.07) is 4.04. The number of piperazine rings is 1. The molecule has 0 amide bonds. The normalized spacial score (nSPS) is 23.1. The van der Waals surface area contributed by atoms with Gasteiger partial charge in [-0.05, 0) is 30.0 Å². The molecule has 3 rings (SSSR count). The first-order chi connectivity index (χ1) is 9.79. The number of hydrogen-bond donors (Lipinski definition) is 1. The topological polar surface area (TPSA) is 28.9 Å². The second kappa shape index (κ2) is 5.92. The zero-order valence-electron chi connectivity index (χ0n) is 12.0. The number of rotatable bonds is 2. The number of benzene rings is 1. The van der Waals surface area contributed by atoms with Crippen LogP contribution < -0.4 is 5.32 Å². The van der Waals surface area contributed by atoms with E-state index in [1.165, 1.54) is 11.1 Å². The van der Waals surface area contributed by atoms with E-state index < -0.39 is 0 Å². The molecule has 1 N–H and O–H groups in total. The molecule has 2 heterocycles. The molecule has 0 radical (unpaired) electrons. The summed E-state index contributed by atoms with van der Waals surface area (Å²) in [6.45, 7) is 15.4. The molecule has 4 nitrogen and oxygen atoms in total. The fourth-order valence-electron chi connectivity index (χ4n) is 3.19. The minimum Gasteiger partial charge on any atom is -0.372 e. The summed E-state index contributed by atoms with van der Waals surface area (Å²) in [5.41, 5.74) is 4.56. The van der Waals surface area contributed by atoms with Gasteiger partial charge < -0.3 is 10.1 Å². The van der Waals surface area contributed by atoms with Crippen molar-refractivity contribution in [1.82, 2.24) is 10.2 Å². The lowest BCUT2D eigenvalue weighted by molar-refractivity contribution is 0.0135. The third-order valence-corrected chi connectivity index (χ3v) is 4.38.